The highest BCUT2D eigenvalue weighted by Crippen LogP contribution is 2.43. The summed E-state index contributed by atoms with van der Waals surface area (Å²) in [5.41, 5.74) is 0. The van der Waals surface area contributed by atoms with Crippen LogP contribution in [-0.2, 0) is 9.53 Å². The van der Waals surface area contributed by atoms with E-state index in [0.29, 0.717) is 13.0 Å². The number of benzene rings is 3. The van der Waals surface area contributed by atoms with E-state index in [1.54, 1.807) is 7.11 Å². The monoisotopic (exact) mass is 390 g/mol. The van der Waals surface area contributed by atoms with E-state index in [4.69, 9.17) is 4.74 Å². The molecule has 0 radical (unpaired) electrons. The Balaban J connectivity index is 2.25. The quantitative estimate of drug-likeness (QED) is 0.543. The molecule has 1 atom stereocenters. The topological polar surface area (TPSA) is 26.3 Å². The minimum Gasteiger partial charge on any atom is -0.384 e. The van der Waals surface area contributed by atoms with Gasteiger partial charge in [-0.2, -0.15) is 0 Å². The number of rotatable bonds is 8. The molecule has 3 aromatic rings. The van der Waals surface area contributed by atoms with Gasteiger partial charge in [0.25, 0.3) is 0 Å². The predicted molar refractivity (Wildman–Crippen MR) is 122 cm³/mol. The van der Waals surface area contributed by atoms with Crippen molar-refractivity contribution in [3.8, 4) is 0 Å². The van der Waals surface area contributed by atoms with Crippen LogP contribution >= 0.6 is 6.89 Å². The van der Waals surface area contributed by atoms with Crippen molar-refractivity contribution in [3.05, 3.63) is 91.0 Å². The second-order valence-corrected chi connectivity index (χ2v) is 10.3. The molecule has 0 amide bonds. The Morgan fingerprint density at radius 2 is 1.21 bits per heavy atom. The van der Waals surface area contributed by atoms with Crippen molar-refractivity contribution in [1.29, 1.82) is 0 Å². The summed E-state index contributed by atoms with van der Waals surface area (Å²) < 4.78 is 5.23. The Hall–Kier alpha value is -2.41. The highest BCUT2D eigenvalue weighted by molar-refractivity contribution is 7.95. The van der Waals surface area contributed by atoms with E-state index >= 15 is 0 Å². The maximum absolute atomic E-state index is 13.2. The first kappa shape index (κ1) is 20.3. The maximum atomic E-state index is 13.2. The molecular weight excluding hydrogens is 363 g/mol. The number of carbonyl (C=O) groups is 1. The number of ketones is 1. The van der Waals surface area contributed by atoms with Gasteiger partial charge in [-0.3, -0.25) is 4.79 Å². The van der Waals surface area contributed by atoms with Gasteiger partial charge in [0.1, 0.15) is 0 Å². The zero-order valence-corrected chi connectivity index (χ0v) is 17.4. The van der Waals surface area contributed by atoms with Gasteiger partial charge < -0.3 is 4.74 Å². The lowest BCUT2D eigenvalue weighted by Crippen LogP contribution is -2.29. The van der Waals surface area contributed by atoms with Gasteiger partial charge in [-0.25, -0.2) is 0 Å². The van der Waals surface area contributed by atoms with Crippen molar-refractivity contribution in [3.63, 3.8) is 0 Å². The summed E-state index contributed by atoms with van der Waals surface area (Å²) in [6.07, 6.45) is 0.488. The highest BCUT2D eigenvalue weighted by atomic mass is 31.2. The molecule has 2 nitrogen and oxygen atoms in total. The minimum absolute atomic E-state index is 0.175. The van der Waals surface area contributed by atoms with Crippen molar-refractivity contribution < 1.29 is 9.53 Å². The third-order valence-electron chi connectivity index (χ3n) is 4.83. The van der Waals surface area contributed by atoms with Crippen molar-refractivity contribution >= 4 is 34.4 Å². The van der Waals surface area contributed by atoms with Crippen LogP contribution in [0.2, 0.25) is 0 Å². The molecule has 144 valence electrons. The second kappa shape index (κ2) is 9.68. The third kappa shape index (κ3) is 4.52. The Kier molecular flexibility index (Phi) is 7.03. The van der Waals surface area contributed by atoms with Crippen LogP contribution in [0.4, 0.5) is 0 Å². The average molecular weight is 390 g/mol. The van der Waals surface area contributed by atoms with Crippen LogP contribution in [0.25, 0.3) is 0 Å². The average Bonchev–Trinajstić information content (AvgIpc) is 2.74. The number of carbonyl (C=O) groups excluding carboxylic acids is 1. The molecule has 0 bridgehead atoms. The molecule has 0 aromatic heterocycles. The van der Waals surface area contributed by atoms with Crippen LogP contribution in [-0.4, -0.2) is 25.3 Å². The molecule has 0 aliphatic rings. The SMILES string of the molecule is COCC(C)CC(=O)C=P(c1ccccc1)(c1ccccc1)c1ccccc1. The normalized spacial score (nSPS) is 12.4. The smallest absolute Gasteiger partial charge is 0.157 e. The molecule has 0 aliphatic carbocycles. The third-order valence-corrected chi connectivity index (χ3v) is 8.84. The molecule has 0 saturated carbocycles. The lowest BCUT2D eigenvalue weighted by atomic mass is 10.1. The molecule has 3 rings (SSSR count). The van der Waals surface area contributed by atoms with Crippen molar-refractivity contribution in [1.82, 2.24) is 0 Å². The fraction of sp³-hybridized carbons (Fsp3) is 0.200. The van der Waals surface area contributed by atoms with Gasteiger partial charge in [0.2, 0.25) is 0 Å². The number of Topliss-reactive ketones (excluding diaryl/α,β-unsaturated/α-hetero) is 1. The van der Waals surface area contributed by atoms with E-state index in [0.717, 1.165) is 0 Å². The molecule has 0 N–H and O–H groups in total. The zero-order valence-electron chi connectivity index (χ0n) is 16.5. The zero-order chi connectivity index (χ0) is 19.8. The molecule has 0 heterocycles. The molecular formula is C25H27O2P. The van der Waals surface area contributed by atoms with Crippen LogP contribution < -0.4 is 15.9 Å². The van der Waals surface area contributed by atoms with Crippen molar-refractivity contribution in [2.75, 3.05) is 13.7 Å². The van der Waals surface area contributed by atoms with Crippen LogP contribution in [0.5, 0.6) is 0 Å². The number of ether oxygens (including phenoxy) is 1. The molecule has 28 heavy (non-hydrogen) atoms. The van der Waals surface area contributed by atoms with E-state index in [1.807, 2.05) is 24.0 Å². The molecule has 1 unspecified atom stereocenters. The van der Waals surface area contributed by atoms with Gasteiger partial charge in [0.15, 0.2) is 5.78 Å². The summed E-state index contributed by atoms with van der Waals surface area (Å²) in [6.45, 7) is 0.449. The molecule has 0 saturated heterocycles. The van der Waals surface area contributed by atoms with Gasteiger partial charge in [-0.15, -0.1) is 0 Å². The molecule has 3 heteroatoms. The van der Waals surface area contributed by atoms with Gasteiger partial charge in [-0.05, 0) is 34.5 Å². The largest absolute Gasteiger partial charge is 0.384 e. The lowest BCUT2D eigenvalue weighted by Gasteiger charge is -2.28. The van der Waals surface area contributed by atoms with E-state index < -0.39 is 6.89 Å². The van der Waals surface area contributed by atoms with E-state index in [9.17, 15) is 4.79 Å². The molecule has 0 fully saturated rings. The van der Waals surface area contributed by atoms with Crippen molar-refractivity contribution in [2.45, 2.75) is 13.3 Å². The summed E-state index contributed by atoms with van der Waals surface area (Å²) >= 11 is 0. The first-order chi connectivity index (χ1) is 13.7. The lowest BCUT2D eigenvalue weighted by molar-refractivity contribution is -0.113. The van der Waals surface area contributed by atoms with Gasteiger partial charge in [-0.1, -0.05) is 97.9 Å². The molecule has 0 spiro atoms. The Bertz CT molecular complexity index is 831. The Labute approximate surface area is 168 Å². The first-order valence-electron chi connectivity index (χ1n) is 9.60. The van der Waals surface area contributed by atoms with Crippen LogP contribution in [0.15, 0.2) is 91.0 Å². The van der Waals surface area contributed by atoms with Crippen molar-refractivity contribution in [2.24, 2.45) is 5.92 Å². The second-order valence-electron chi connectivity index (χ2n) is 7.09. The van der Waals surface area contributed by atoms with E-state index in [2.05, 4.69) is 79.7 Å². The fourth-order valence-corrected chi connectivity index (χ4v) is 7.42. The summed E-state index contributed by atoms with van der Waals surface area (Å²) in [5.74, 6) is 2.38. The van der Waals surface area contributed by atoms with Gasteiger partial charge in [0.05, 0.1) is 0 Å². The van der Waals surface area contributed by atoms with Gasteiger partial charge >= 0.3 is 0 Å². The highest BCUT2D eigenvalue weighted by Gasteiger charge is 2.26. The predicted octanol–water partition coefficient (Wildman–Crippen LogP) is 4.02. The van der Waals surface area contributed by atoms with E-state index in [1.165, 1.54) is 15.9 Å². The van der Waals surface area contributed by atoms with Gasteiger partial charge in [0, 0.05) is 20.1 Å². The Morgan fingerprint density at radius 1 is 0.821 bits per heavy atom. The van der Waals surface area contributed by atoms with Crippen LogP contribution in [0.3, 0.4) is 0 Å². The number of hydrogen-bond donors (Lipinski definition) is 0. The molecule has 3 aromatic carbocycles. The minimum atomic E-state index is -2.20. The fourth-order valence-electron chi connectivity index (χ4n) is 3.62. The molecule has 0 aliphatic heterocycles. The summed E-state index contributed by atoms with van der Waals surface area (Å²) in [5, 5.41) is 3.58. The summed E-state index contributed by atoms with van der Waals surface area (Å²) in [7, 11) is 1.68. The standard InChI is InChI=1S/C25H27O2P/c1-21(19-27-2)18-22(26)20-28(23-12-6-3-7-13-23,24-14-8-4-9-15-24)25-16-10-5-11-17-25/h3-17,20-21H,18-19H2,1-2H3. The van der Waals surface area contributed by atoms with Crippen LogP contribution in [0.1, 0.15) is 13.3 Å². The maximum Gasteiger partial charge on any atom is 0.157 e. The number of hydrogen-bond acceptors (Lipinski definition) is 2. The summed E-state index contributed by atoms with van der Waals surface area (Å²) in [6, 6.07) is 31.3. The summed E-state index contributed by atoms with van der Waals surface area (Å²) in [4.78, 5) is 13.2. The van der Waals surface area contributed by atoms with Crippen LogP contribution in [0, 0.1) is 5.92 Å². The number of methoxy groups -OCH3 is 1. The van der Waals surface area contributed by atoms with E-state index in [-0.39, 0.29) is 11.7 Å². The first-order valence-corrected chi connectivity index (χ1v) is 11.5. The Morgan fingerprint density at radius 3 is 1.57 bits per heavy atom.